The molecule has 7 aliphatic rings. The fourth-order valence-electron chi connectivity index (χ4n) is 9.53. The number of hydrogen-bond acceptors (Lipinski definition) is 5. The topological polar surface area (TPSA) is 73.2 Å². The Morgan fingerprint density at radius 3 is 2.59 bits per heavy atom. The summed E-state index contributed by atoms with van der Waals surface area (Å²) < 4.78 is 6.84. The second-order valence-electron chi connectivity index (χ2n) is 13.3. The molecule has 3 saturated carbocycles. The third-order valence-corrected chi connectivity index (χ3v) is 11.7. The first-order valence-electron chi connectivity index (χ1n) is 14.9. The van der Waals surface area contributed by atoms with Gasteiger partial charge in [0, 0.05) is 42.7 Å². The number of benzene rings is 1. The Morgan fingerprint density at radius 1 is 1.05 bits per heavy atom. The minimum atomic E-state index is -0.863. The Kier molecular flexibility index (Phi) is 4.80. The van der Waals surface area contributed by atoms with Gasteiger partial charge in [0.15, 0.2) is 11.5 Å². The summed E-state index contributed by atoms with van der Waals surface area (Å²) in [7, 11) is 0. The molecule has 4 aliphatic carbocycles. The standard InChI is InChI=1S/C31H40N2O4/c34-23-8-7-21-17-24-31(36)12-11-29(10-9-22(29)18-25(35)32-14-3-1-2-4-15-32)28-30(31,26(21)27(23)37-28)13-16-33(24)19-20-5-6-20/h7-8,18,20,24,28,34,36H,1-6,9-17,19H2/b22-18+/t24-,28-,29-,30-,31+/m0/s1. The van der Waals surface area contributed by atoms with E-state index in [-0.39, 0.29) is 29.2 Å². The van der Waals surface area contributed by atoms with E-state index in [0.29, 0.717) is 5.75 Å². The molecule has 6 heteroatoms. The Bertz CT molecular complexity index is 1180. The van der Waals surface area contributed by atoms with Gasteiger partial charge in [0.2, 0.25) is 5.91 Å². The third-order valence-electron chi connectivity index (χ3n) is 11.7. The fraction of sp³-hybridized carbons (Fsp3) is 0.710. The van der Waals surface area contributed by atoms with Crippen molar-refractivity contribution in [3.05, 3.63) is 34.9 Å². The lowest BCUT2D eigenvalue weighted by molar-refractivity contribution is -0.218. The van der Waals surface area contributed by atoms with Crippen molar-refractivity contribution in [3.63, 3.8) is 0 Å². The molecule has 1 aromatic carbocycles. The van der Waals surface area contributed by atoms with Gasteiger partial charge in [-0.05, 0) is 88.3 Å². The number of nitrogens with zero attached hydrogens (tertiary/aromatic N) is 2. The van der Waals surface area contributed by atoms with E-state index in [1.807, 2.05) is 11.0 Å². The third kappa shape index (κ3) is 2.92. The summed E-state index contributed by atoms with van der Waals surface area (Å²) in [5.41, 5.74) is 1.95. The minimum Gasteiger partial charge on any atom is -0.504 e. The van der Waals surface area contributed by atoms with E-state index in [9.17, 15) is 15.0 Å². The number of phenols is 1. The van der Waals surface area contributed by atoms with Gasteiger partial charge in [-0.25, -0.2) is 0 Å². The first-order valence-corrected chi connectivity index (χ1v) is 14.9. The number of aliphatic hydroxyl groups is 1. The molecule has 37 heavy (non-hydrogen) atoms. The molecule has 3 heterocycles. The lowest BCUT2D eigenvalue weighted by Gasteiger charge is -2.68. The van der Waals surface area contributed by atoms with Crippen LogP contribution in [-0.2, 0) is 16.6 Å². The Balaban J connectivity index is 1.21. The van der Waals surface area contributed by atoms with Crippen molar-refractivity contribution in [3.8, 4) is 11.5 Å². The van der Waals surface area contributed by atoms with Crippen LogP contribution < -0.4 is 4.74 Å². The van der Waals surface area contributed by atoms with Gasteiger partial charge in [-0.1, -0.05) is 24.5 Å². The van der Waals surface area contributed by atoms with E-state index in [2.05, 4.69) is 11.0 Å². The molecular formula is C31H40N2O4. The molecule has 8 rings (SSSR count). The number of fused-ring (bicyclic) bond motifs is 1. The van der Waals surface area contributed by atoms with E-state index < -0.39 is 11.0 Å². The van der Waals surface area contributed by atoms with Crippen LogP contribution in [0.15, 0.2) is 23.8 Å². The van der Waals surface area contributed by atoms with Crippen LogP contribution in [0.5, 0.6) is 11.5 Å². The molecule has 198 valence electrons. The van der Waals surface area contributed by atoms with Gasteiger partial charge >= 0.3 is 0 Å². The normalized spacial score (nSPS) is 41.2. The molecule has 0 radical (unpaired) electrons. The zero-order valence-electron chi connectivity index (χ0n) is 21.9. The predicted octanol–water partition coefficient (Wildman–Crippen LogP) is 4.07. The van der Waals surface area contributed by atoms with Gasteiger partial charge < -0.3 is 19.8 Å². The molecule has 3 aliphatic heterocycles. The SMILES string of the molecule is O=C(/C=C1\CC[C@]12CC[C@@]1(O)[C@@H]3Cc4ccc(O)c5c4[C@@]1(CCN3CC1CC1)[C@H]2O5)N1CCCCCC1. The highest BCUT2D eigenvalue weighted by molar-refractivity contribution is 5.89. The van der Waals surface area contributed by atoms with Crippen LogP contribution >= 0.6 is 0 Å². The monoisotopic (exact) mass is 504 g/mol. The van der Waals surface area contributed by atoms with Crippen LogP contribution in [0, 0.1) is 11.3 Å². The van der Waals surface area contributed by atoms with Crippen LogP contribution in [0.2, 0.25) is 0 Å². The minimum absolute atomic E-state index is 0.0968. The molecule has 2 saturated heterocycles. The molecule has 2 bridgehead atoms. The molecule has 0 unspecified atom stereocenters. The van der Waals surface area contributed by atoms with Crippen molar-refractivity contribution in [1.29, 1.82) is 0 Å². The predicted molar refractivity (Wildman–Crippen MR) is 140 cm³/mol. The van der Waals surface area contributed by atoms with E-state index in [4.69, 9.17) is 4.74 Å². The number of phenolic OH excluding ortho intramolecular Hbond substituents is 1. The summed E-state index contributed by atoms with van der Waals surface area (Å²) in [5, 5.41) is 23.7. The van der Waals surface area contributed by atoms with Crippen LogP contribution in [-0.4, -0.2) is 69.8 Å². The summed E-state index contributed by atoms with van der Waals surface area (Å²) in [6, 6.07) is 3.97. The van der Waals surface area contributed by atoms with Crippen LogP contribution in [0.1, 0.15) is 81.8 Å². The van der Waals surface area contributed by atoms with E-state index in [0.717, 1.165) is 89.0 Å². The first kappa shape index (κ1) is 22.9. The number of aromatic hydroxyl groups is 1. The molecule has 1 amide bonds. The van der Waals surface area contributed by atoms with Crippen molar-refractivity contribution in [2.24, 2.45) is 11.3 Å². The van der Waals surface area contributed by atoms with E-state index >= 15 is 0 Å². The lowest BCUT2D eigenvalue weighted by Crippen LogP contribution is -2.78. The van der Waals surface area contributed by atoms with Gasteiger partial charge in [-0.3, -0.25) is 9.69 Å². The Morgan fingerprint density at radius 2 is 1.86 bits per heavy atom. The molecular weight excluding hydrogens is 464 g/mol. The Labute approximate surface area is 219 Å². The van der Waals surface area contributed by atoms with Crippen molar-refractivity contribution in [2.75, 3.05) is 26.2 Å². The number of ether oxygens (including phenoxy) is 1. The average molecular weight is 505 g/mol. The second kappa shape index (κ2) is 7.75. The molecule has 2 spiro atoms. The van der Waals surface area contributed by atoms with Gasteiger partial charge in [0.25, 0.3) is 0 Å². The maximum atomic E-state index is 13.4. The van der Waals surface area contributed by atoms with E-state index in [1.165, 1.54) is 36.8 Å². The van der Waals surface area contributed by atoms with Crippen molar-refractivity contribution in [2.45, 2.75) is 100 Å². The van der Waals surface area contributed by atoms with Crippen molar-refractivity contribution < 1.29 is 19.7 Å². The van der Waals surface area contributed by atoms with Gasteiger partial charge in [-0.15, -0.1) is 0 Å². The number of hydrogen-bond donors (Lipinski definition) is 2. The highest BCUT2D eigenvalue weighted by Gasteiger charge is 2.77. The number of likely N-dealkylation sites (tertiary alicyclic amines) is 2. The highest BCUT2D eigenvalue weighted by Crippen LogP contribution is 2.72. The van der Waals surface area contributed by atoms with Crippen molar-refractivity contribution in [1.82, 2.24) is 9.80 Å². The molecule has 5 fully saturated rings. The maximum Gasteiger partial charge on any atom is 0.246 e. The quantitative estimate of drug-likeness (QED) is 0.608. The van der Waals surface area contributed by atoms with Gasteiger partial charge in [0.05, 0.1) is 11.0 Å². The van der Waals surface area contributed by atoms with Gasteiger partial charge in [-0.2, -0.15) is 0 Å². The van der Waals surface area contributed by atoms with Crippen LogP contribution in [0.4, 0.5) is 0 Å². The molecule has 2 N–H and O–H groups in total. The molecule has 1 aromatic rings. The number of carbonyl (C=O) groups excluding carboxylic acids is 1. The Hall–Kier alpha value is -2.05. The lowest BCUT2D eigenvalue weighted by atomic mass is 9.40. The van der Waals surface area contributed by atoms with Crippen LogP contribution in [0.25, 0.3) is 0 Å². The van der Waals surface area contributed by atoms with Gasteiger partial charge in [0.1, 0.15) is 6.10 Å². The van der Waals surface area contributed by atoms with E-state index in [1.54, 1.807) is 6.07 Å². The smallest absolute Gasteiger partial charge is 0.246 e. The highest BCUT2D eigenvalue weighted by atomic mass is 16.5. The van der Waals surface area contributed by atoms with Crippen LogP contribution in [0.3, 0.4) is 0 Å². The number of piperidine rings is 1. The molecule has 5 atom stereocenters. The number of carbonyl (C=O) groups is 1. The number of rotatable bonds is 3. The summed E-state index contributed by atoms with van der Waals surface area (Å²) in [6.45, 7) is 3.79. The number of amides is 1. The molecule has 6 nitrogen and oxygen atoms in total. The maximum absolute atomic E-state index is 13.4. The summed E-state index contributed by atoms with van der Waals surface area (Å²) in [5.74, 6) is 1.76. The average Bonchev–Trinajstić information content (AvgIpc) is 3.67. The second-order valence-corrected chi connectivity index (χ2v) is 13.3. The summed E-state index contributed by atoms with van der Waals surface area (Å²) in [4.78, 5) is 18.0. The zero-order valence-corrected chi connectivity index (χ0v) is 21.9. The van der Waals surface area contributed by atoms with Crippen molar-refractivity contribution >= 4 is 5.91 Å². The summed E-state index contributed by atoms with van der Waals surface area (Å²) >= 11 is 0. The fourth-order valence-corrected chi connectivity index (χ4v) is 9.53. The largest absolute Gasteiger partial charge is 0.504 e. The zero-order chi connectivity index (χ0) is 25.0. The first-order chi connectivity index (χ1) is 18.0. The molecule has 0 aromatic heterocycles. The summed E-state index contributed by atoms with van der Waals surface area (Å²) in [6.07, 6.45) is 14.2.